The van der Waals surface area contributed by atoms with E-state index in [0.29, 0.717) is 29.8 Å². The Bertz CT molecular complexity index is 682. The third-order valence-corrected chi connectivity index (χ3v) is 4.37. The van der Waals surface area contributed by atoms with Crippen molar-refractivity contribution in [1.82, 2.24) is 0 Å². The van der Waals surface area contributed by atoms with Crippen LogP contribution in [0.1, 0.15) is 50.9 Å². The van der Waals surface area contributed by atoms with Crippen molar-refractivity contribution in [1.29, 1.82) is 0 Å². The summed E-state index contributed by atoms with van der Waals surface area (Å²) in [5.74, 6) is -0.380. The van der Waals surface area contributed by atoms with Crippen molar-refractivity contribution in [2.75, 3.05) is 12.0 Å². The Morgan fingerprint density at radius 2 is 1.96 bits per heavy atom. The van der Waals surface area contributed by atoms with E-state index in [0.717, 1.165) is 0 Å². The van der Waals surface area contributed by atoms with Gasteiger partial charge < -0.3 is 9.47 Å². The van der Waals surface area contributed by atoms with Crippen LogP contribution in [0.5, 0.6) is 5.75 Å². The second-order valence-electron chi connectivity index (χ2n) is 6.40. The smallest absolute Gasteiger partial charge is 0.328 e. The van der Waals surface area contributed by atoms with Crippen LogP contribution in [0.25, 0.3) is 0 Å². The van der Waals surface area contributed by atoms with Crippen LogP contribution < -0.4 is 9.64 Å². The summed E-state index contributed by atoms with van der Waals surface area (Å²) in [5.41, 5.74) is 0.934. The molecule has 25 heavy (non-hydrogen) atoms. The van der Waals surface area contributed by atoms with E-state index in [-0.39, 0.29) is 17.6 Å². The summed E-state index contributed by atoms with van der Waals surface area (Å²) in [5, 5.41) is 0. The first-order valence-electron chi connectivity index (χ1n) is 8.60. The number of methoxy groups -OCH3 is 1. The van der Waals surface area contributed by atoms with Crippen LogP contribution in [-0.4, -0.2) is 36.9 Å². The average molecular weight is 347 g/mol. The van der Waals surface area contributed by atoms with E-state index in [4.69, 9.17) is 9.47 Å². The van der Waals surface area contributed by atoms with Gasteiger partial charge in [0.2, 0.25) is 0 Å². The van der Waals surface area contributed by atoms with Crippen molar-refractivity contribution in [2.24, 2.45) is 5.92 Å². The number of amides is 1. The van der Waals surface area contributed by atoms with Gasteiger partial charge in [0.25, 0.3) is 5.91 Å². The van der Waals surface area contributed by atoms with Crippen molar-refractivity contribution >= 4 is 23.3 Å². The number of anilines is 1. The topological polar surface area (TPSA) is 72.9 Å². The van der Waals surface area contributed by atoms with Crippen LogP contribution in [0.2, 0.25) is 0 Å². The predicted octanol–water partition coefficient (Wildman–Crippen LogP) is 2.98. The Morgan fingerprint density at radius 1 is 1.28 bits per heavy atom. The number of fused-ring (bicyclic) bond motifs is 1. The summed E-state index contributed by atoms with van der Waals surface area (Å²) >= 11 is 0. The first kappa shape index (κ1) is 19.0. The van der Waals surface area contributed by atoms with E-state index >= 15 is 0 Å². The average Bonchev–Trinajstić information content (AvgIpc) is 2.61. The number of ether oxygens (including phenoxy) is 2. The number of hydrogen-bond donors (Lipinski definition) is 0. The Balaban J connectivity index is 2.60. The van der Waals surface area contributed by atoms with Crippen molar-refractivity contribution in [3.8, 4) is 5.75 Å². The molecular formula is C19H25NO5. The first-order valence-corrected chi connectivity index (χ1v) is 8.60. The van der Waals surface area contributed by atoms with E-state index in [1.165, 1.54) is 12.0 Å². The van der Waals surface area contributed by atoms with Crippen molar-refractivity contribution in [3.05, 3.63) is 23.8 Å². The van der Waals surface area contributed by atoms with Gasteiger partial charge in [-0.15, -0.1) is 0 Å². The molecule has 1 amide bonds. The van der Waals surface area contributed by atoms with Crippen molar-refractivity contribution in [2.45, 2.75) is 52.7 Å². The SMILES string of the molecule is CCC(=O)c1ccc2c(c1)N(C(CC)C(=O)OC)C(=O)C(C(C)C)O2. The molecule has 0 spiro atoms. The molecule has 0 saturated carbocycles. The highest BCUT2D eigenvalue weighted by Gasteiger charge is 2.42. The van der Waals surface area contributed by atoms with E-state index in [1.807, 2.05) is 20.8 Å². The highest BCUT2D eigenvalue weighted by molar-refractivity contribution is 6.06. The largest absolute Gasteiger partial charge is 0.478 e. The van der Waals surface area contributed by atoms with Gasteiger partial charge in [-0.05, 0) is 30.5 Å². The predicted molar refractivity (Wildman–Crippen MR) is 93.9 cm³/mol. The third kappa shape index (κ3) is 3.52. The summed E-state index contributed by atoms with van der Waals surface area (Å²) in [7, 11) is 1.30. The zero-order valence-electron chi connectivity index (χ0n) is 15.4. The minimum Gasteiger partial charge on any atom is -0.478 e. The van der Waals surface area contributed by atoms with Crippen LogP contribution in [0.3, 0.4) is 0 Å². The maximum absolute atomic E-state index is 13.0. The Hall–Kier alpha value is -2.37. The number of Topliss-reactive ketones (excluding diaryl/α,β-unsaturated/α-hetero) is 1. The van der Waals surface area contributed by atoms with Gasteiger partial charge in [0.05, 0.1) is 12.8 Å². The molecule has 6 nitrogen and oxygen atoms in total. The number of rotatable bonds is 6. The van der Waals surface area contributed by atoms with Gasteiger partial charge in [-0.1, -0.05) is 27.7 Å². The molecule has 0 radical (unpaired) electrons. The fourth-order valence-electron chi connectivity index (χ4n) is 2.96. The van der Waals surface area contributed by atoms with Crippen LogP contribution in [-0.2, 0) is 14.3 Å². The van der Waals surface area contributed by atoms with Gasteiger partial charge in [0.1, 0.15) is 11.8 Å². The standard InChI is InChI=1S/C19H25NO5/c1-6-13(19(23)24-5)20-14-10-12(15(21)7-2)8-9-16(14)25-17(11(3)4)18(20)22/h8-11,13,17H,6-7H2,1-5H3. The highest BCUT2D eigenvalue weighted by Crippen LogP contribution is 2.38. The molecule has 2 atom stereocenters. The molecule has 2 unspecified atom stereocenters. The lowest BCUT2D eigenvalue weighted by Gasteiger charge is -2.39. The molecule has 6 heteroatoms. The molecule has 1 aliphatic heterocycles. The summed E-state index contributed by atoms with van der Waals surface area (Å²) in [6.07, 6.45) is 0.0735. The quantitative estimate of drug-likeness (QED) is 0.584. The number of carbonyl (C=O) groups excluding carboxylic acids is 3. The normalized spacial score (nSPS) is 17.8. The molecule has 0 N–H and O–H groups in total. The van der Waals surface area contributed by atoms with Gasteiger partial charge in [-0.25, -0.2) is 4.79 Å². The number of benzene rings is 1. The molecule has 0 saturated heterocycles. The van der Waals surface area contributed by atoms with Crippen LogP contribution in [0, 0.1) is 5.92 Å². The molecule has 1 aromatic carbocycles. The minimum atomic E-state index is -0.756. The lowest BCUT2D eigenvalue weighted by atomic mass is 9.99. The molecule has 1 heterocycles. The molecule has 1 aromatic rings. The molecular weight excluding hydrogens is 322 g/mol. The number of carbonyl (C=O) groups is 3. The van der Waals surface area contributed by atoms with Gasteiger partial charge in [0, 0.05) is 12.0 Å². The van der Waals surface area contributed by atoms with E-state index in [9.17, 15) is 14.4 Å². The summed E-state index contributed by atoms with van der Waals surface area (Å²) in [6, 6.07) is 4.25. The molecule has 0 aliphatic carbocycles. The van der Waals surface area contributed by atoms with Gasteiger partial charge in [-0.3, -0.25) is 14.5 Å². The van der Waals surface area contributed by atoms with E-state index in [2.05, 4.69) is 0 Å². The zero-order chi connectivity index (χ0) is 18.7. The van der Waals surface area contributed by atoms with Crippen LogP contribution in [0.4, 0.5) is 5.69 Å². The monoisotopic (exact) mass is 347 g/mol. The van der Waals surface area contributed by atoms with Crippen LogP contribution in [0.15, 0.2) is 18.2 Å². The molecule has 0 fully saturated rings. The Labute approximate surface area is 148 Å². The van der Waals surface area contributed by atoms with Gasteiger partial charge in [-0.2, -0.15) is 0 Å². The Kier molecular flexibility index (Phi) is 5.82. The summed E-state index contributed by atoms with van der Waals surface area (Å²) < 4.78 is 10.7. The summed E-state index contributed by atoms with van der Waals surface area (Å²) in [6.45, 7) is 7.37. The number of hydrogen-bond acceptors (Lipinski definition) is 5. The number of nitrogens with zero attached hydrogens (tertiary/aromatic N) is 1. The lowest BCUT2D eigenvalue weighted by molar-refractivity contribution is -0.144. The van der Waals surface area contributed by atoms with Gasteiger partial charge >= 0.3 is 5.97 Å². The molecule has 1 aliphatic rings. The number of esters is 1. The fourth-order valence-corrected chi connectivity index (χ4v) is 2.96. The lowest BCUT2D eigenvalue weighted by Crippen LogP contribution is -2.55. The van der Waals surface area contributed by atoms with Crippen molar-refractivity contribution < 1.29 is 23.9 Å². The minimum absolute atomic E-state index is 0.0349. The molecule has 2 rings (SSSR count). The third-order valence-electron chi connectivity index (χ3n) is 4.37. The maximum Gasteiger partial charge on any atom is 0.328 e. The maximum atomic E-state index is 13.0. The molecule has 136 valence electrons. The summed E-state index contributed by atoms with van der Waals surface area (Å²) in [4.78, 5) is 38.7. The molecule has 0 aromatic heterocycles. The second-order valence-corrected chi connectivity index (χ2v) is 6.40. The zero-order valence-corrected chi connectivity index (χ0v) is 15.4. The second kappa shape index (κ2) is 7.68. The molecule has 0 bridgehead atoms. The number of ketones is 1. The fraction of sp³-hybridized carbons (Fsp3) is 0.526. The Morgan fingerprint density at radius 3 is 2.48 bits per heavy atom. The van der Waals surface area contributed by atoms with Gasteiger partial charge in [0.15, 0.2) is 11.9 Å². The highest BCUT2D eigenvalue weighted by atomic mass is 16.5. The van der Waals surface area contributed by atoms with E-state index < -0.39 is 18.1 Å². The van der Waals surface area contributed by atoms with Crippen molar-refractivity contribution in [3.63, 3.8) is 0 Å². The first-order chi connectivity index (χ1) is 11.8. The van der Waals surface area contributed by atoms with Crippen LogP contribution >= 0.6 is 0 Å². The van der Waals surface area contributed by atoms with E-state index in [1.54, 1.807) is 25.1 Å².